The van der Waals surface area contributed by atoms with E-state index in [-0.39, 0.29) is 10.3 Å². The molecule has 0 saturated heterocycles. The van der Waals surface area contributed by atoms with Crippen molar-refractivity contribution in [2.45, 2.75) is 18.7 Å². The summed E-state index contributed by atoms with van der Waals surface area (Å²) in [7, 11) is 0.347. The molecular weight excluding hydrogens is 278 g/mol. The Morgan fingerprint density at radius 1 is 1.40 bits per heavy atom. The maximum absolute atomic E-state index is 12.2. The molecule has 0 saturated carbocycles. The summed E-state index contributed by atoms with van der Waals surface area (Å²) in [6.45, 7) is 5.15. The van der Waals surface area contributed by atoms with Gasteiger partial charge in [-0.2, -0.15) is 0 Å². The maximum atomic E-state index is 12.2. The van der Waals surface area contributed by atoms with Crippen molar-refractivity contribution >= 4 is 15.8 Å². The van der Waals surface area contributed by atoms with Crippen LogP contribution in [0.1, 0.15) is 13.8 Å². The zero-order valence-electron chi connectivity index (χ0n) is 12.3. The van der Waals surface area contributed by atoms with Crippen molar-refractivity contribution < 1.29 is 8.42 Å². The summed E-state index contributed by atoms with van der Waals surface area (Å²) in [4.78, 5) is 6.05. The van der Waals surface area contributed by atoms with Crippen LogP contribution in [-0.4, -0.2) is 45.5 Å². The number of hydrazine groups is 1. The summed E-state index contributed by atoms with van der Waals surface area (Å²) in [6, 6.07) is 2.82. The second-order valence-corrected chi connectivity index (χ2v) is 7.51. The number of anilines is 1. The van der Waals surface area contributed by atoms with Crippen molar-refractivity contribution in [3.05, 3.63) is 18.3 Å². The van der Waals surface area contributed by atoms with Gasteiger partial charge in [0.1, 0.15) is 5.82 Å². The first-order chi connectivity index (χ1) is 9.16. The molecule has 0 atom stereocenters. The third-order valence-corrected chi connectivity index (χ3v) is 4.07. The third-order valence-electron chi connectivity index (χ3n) is 2.67. The van der Waals surface area contributed by atoms with Gasteiger partial charge in [-0.25, -0.2) is 24.0 Å². The predicted octanol–water partition coefficient (Wildman–Crippen LogP) is 0.233. The lowest BCUT2D eigenvalue weighted by Crippen LogP contribution is -2.39. The van der Waals surface area contributed by atoms with E-state index in [1.807, 2.05) is 32.8 Å². The molecule has 1 aromatic heterocycles. The molecule has 0 aromatic carbocycles. The molecule has 0 aliphatic rings. The first-order valence-corrected chi connectivity index (χ1v) is 7.72. The molecule has 20 heavy (non-hydrogen) atoms. The molecule has 114 valence electrons. The Morgan fingerprint density at radius 2 is 2.05 bits per heavy atom. The van der Waals surface area contributed by atoms with Crippen molar-refractivity contribution in [2.24, 2.45) is 11.3 Å². The van der Waals surface area contributed by atoms with Crippen molar-refractivity contribution in [2.75, 3.05) is 32.6 Å². The number of pyridine rings is 1. The van der Waals surface area contributed by atoms with Crippen LogP contribution < -0.4 is 16.0 Å². The molecule has 0 aliphatic heterocycles. The minimum atomic E-state index is -3.57. The predicted molar refractivity (Wildman–Crippen MR) is 79.6 cm³/mol. The van der Waals surface area contributed by atoms with Gasteiger partial charge in [0.05, 0.1) is 4.90 Å². The van der Waals surface area contributed by atoms with Crippen molar-refractivity contribution in [1.29, 1.82) is 0 Å². The highest BCUT2D eigenvalue weighted by Crippen LogP contribution is 2.17. The molecule has 1 aromatic rings. The van der Waals surface area contributed by atoms with E-state index in [1.165, 1.54) is 18.3 Å². The Balaban J connectivity index is 2.80. The molecule has 0 spiro atoms. The number of nitrogens with zero attached hydrogens (tertiary/aromatic N) is 2. The monoisotopic (exact) mass is 301 g/mol. The first kappa shape index (κ1) is 16.8. The molecule has 4 N–H and O–H groups in total. The molecule has 0 aliphatic carbocycles. The fourth-order valence-corrected chi connectivity index (χ4v) is 3.20. The summed E-state index contributed by atoms with van der Waals surface area (Å²) in [6.07, 6.45) is 1.40. The minimum absolute atomic E-state index is 0.140. The third kappa shape index (κ3) is 5.04. The Bertz CT molecular complexity index is 543. The molecule has 8 heteroatoms. The topological polar surface area (TPSA) is 100 Å². The Hall–Kier alpha value is -1.22. The summed E-state index contributed by atoms with van der Waals surface area (Å²) in [5.41, 5.74) is 2.16. The zero-order chi connectivity index (χ0) is 15.4. The van der Waals surface area contributed by atoms with Gasteiger partial charge in [-0.05, 0) is 25.6 Å². The van der Waals surface area contributed by atoms with Crippen LogP contribution in [0, 0.1) is 5.41 Å². The van der Waals surface area contributed by atoms with Gasteiger partial charge in [0, 0.05) is 25.4 Å². The summed E-state index contributed by atoms with van der Waals surface area (Å²) in [5.74, 6) is 5.53. The molecular formula is C12H23N5O2S. The van der Waals surface area contributed by atoms with Gasteiger partial charge in [-0.15, -0.1) is 0 Å². The van der Waals surface area contributed by atoms with Crippen LogP contribution in [0.15, 0.2) is 23.2 Å². The maximum Gasteiger partial charge on any atom is 0.240 e. The van der Waals surface area contributed by atoms with Crippen LogP contribution in [0.2, 0.25) is 0 Å². The summed E-state index contributed by atoms with van der Waals surface area (Å²) >= 11 is 0. The first-order valence-electron chi connectivity index (χ1n) is 6.23. The van der Waals surface area contributed by atoms with Crippen LogP contribution in [0.5, 0.6) is 0 Å². The zero-order valence-corrected chi connectivity index (χ0v) is 13.2. The van der Waals surface area contributed by atoms with Gasteiger partial charge in [-0.1, -0.05) is 13.8 Å². The molecule has 0 amide bonds. The average Bonchev–Trinajstić information content (AvgIpc) is 2.35. The highest BCUT2D eigenvalue weighted by atomic mass is 32.2. The lowest BCUT2D eigenvalue weighted by Gasteiger charge is -2.28. The fraction of sp³-hybridized carbons (Fsp3) is 0.583. The number of hydrogen-bond donors (Lipinski definition) is 3. The molecule has 1 heterocycles. The van der Waals surface area contributed by atoms with Gasteiger partial charge < -0.3 is 10.3 Å². The highest BCUT2D eigenvalue weighted by molar-refractivity contribution is 7.89. The van der Waals surface area contributed by atoms with Crippen molar-refractivity contribution in [1.82, 2.24) is 14.6 Å². The quantitative estimate of drug-likeness (QED) is 0.492. The van der Waals surface area contributed by atoms with Crippen LogP contribution in [0.3, 0.4) is 0 Å². The number of aromatic nitrogens is 1. The van der Waals surface area contributed by atoms with Gasteiger partial charge in [-0.3, -0.25) is 0 Å². The van der Waals surface area contributed by atoms with Crippen LogP contribution >= 0.6 is 0 Å². The lowest BCUT2D eigenvalue weighted by atomic mass is 9.93. The average molecular weight is 301 g/mol. The van der Waals surface area contributed by atoms with Gasteiger partial charge in [0.2, 0.25) is 10.0 Å². The van der Waals surface area contributed by atoms with Crippen molar-refractivity contribution in [3.63, 3.8) is 0 Å². The van der Waals surface area contributed by atoms with E-state index in [2.05, 4.69) is 15.1 Å². The lowest BCUT2D eigenvalue weighted by molar-refractivity contribution is 0.242. The van der Waals surface area contributed by atoms with E-state index in [0.29, 0.717) is 12.4 Å². The number of hydrogen-bond acceptors (Lipinski definition) is 6. The van der Waals surface area contributed by atoms with E-state index < -0.39 is 10.0 Å². The van der Waals surface area contributed by atoms with E-state index in [9.17, 15) is 8.42 Å². The van der Waals surface area contributed by atoms with E-state index >= 15 is 0 Å². The number of sulfonamides is 1. The second kappa shape index (κ2) is 6.49. The standard InChI is InChI=1S/C12H23N5O2S/c1-12(2,9-17(3)4)8-15-20(18,19)10-5-6-14-11(7-10)16-13/h5-7,15H,8-9,13H2,1-4H3,(H,14,16). The molecule has 1 rings (SSSR count). The second-order valence-electron chi connectivity index (χ2n) is 5.75. The van der Waals surface area contributed by atoms with E-state index in [1.54, 1.807) is 0 Å². The summed E-state index contributed by atoms with van der Waals surface area (Å²) < 4.78 is 27.0. The molecule has 7 nitrogen and oxygen atoms in total. The van der Waals surface area contributed by atoms with Crippen LogP contribution in [0.25, 0.3) is 0 Å². The Morgan fingerprint density at radius 3 is 2.60 bits per heavy atom. The fourth-order valence-electron chi connectivity index (χ4n) is 1.94. The van der Waals surface area contributed by atoms with Crippen LogP contribution in [-0.2, 0) is 10.0 Å². The van der Waals surface area contributed by atoms with E-state index in [4.69, 9.17) is 5.84 Å². The number of nitrogens with two attached hydrogens (primary N) is 1. The van der Waals surface area contributed by atoms with Gasteiger partial charge in [0.15, 0.2) is 0 Å². The van der Waals surface area contributed by atoms with Crippen molar-refractivity contribution in [3.8, 4) is 0 Å². The van der Waals surface area contributed by atoms with E-state index in [0.717, 1.165) is 6.54 Å². The van der Waals surface area contributed by atoms with Gasteiger partial charge >= 0.3 is 0 Å². The molecule has 0 bridgehead atoms. The largest absolute Gasteiger partial charge is 0.309 e. The minimum Gasteiger partial charge on any atom is -0.309 e. The normalized spacial score (nSPS) is 12.7. The molecule has 0 fully saturated rings. The van der Waals surface area contributed by atoms with Crippen LogP contribution in [0.4, 0.5) is 5.82 Å². The Kier molecular flexibility index (Phi) is 5.46. The smallest absolute Gasteiger partial charge is 0.240 e. The molecule has 0 unspecified atom stereocenters. The SMILES string of the molecule is CN(C)CC(C)(C)CNS(=O)(=O)c1ccnc(NN)c1. The Labute approximate surface area is 120 Å². The number of nitrogen functional groups attached to an aromatic ring is 1. The molecule has 0 radical (unpaired) electrons. The van der Waals surface area contributed by atoms with Gasteiger partial charge in [0.25, 0.3) is 0 Å². The highest BCUT2D eigenvalue weighted by Gasteiger charge is 2.23. The summed E-state index contributed by atoms with van der Waals surface area (Å²) in [5, 5.41) is 0. The number of rotatable bonds is 7. The number of nitrogens with one attached hydrogen (secondary N) is 2.